The topological polar surface area (TPSA) is 75.9 Å². The lowest BCUT2D eigenvalue weighted by molar-refractivity contribution is 0.0300. The average molecular weight is 316 g/mol. The van der Waals surface area contributed by atoms with Crippen molar-refractivity contribution in [2.24, 2.45) is 0 Å². The summed E-state index contributed by atoms with van der Waals surface area (Å²) in [7, 11) is 0. The van der Waals surface area contributed by atoms with E-state index in [1.807, 2.05) is 26.0 Å². The van der Waals surface area contributed by atoms with Gasteiger partial charge in [-0.1, -0.05) is 6.07 Å². The van der Waals surface area contributed by atoms with E-state index < -0.39 is 0 Å². The Labute approximate surface area is 134 Å². The zero-order valence-corrected chi connectivity index (χ0v) is 13.3. The Morgan fingerprint density at radius 3 is 2.70 bits per heavy atom. The minimum absolute atomic E-state index is 0.00282. The number of aromatic nitrogens is 2. The number of hydrogen-bond donors (Lipinski definition) is 1. The van der Waals surface area contributed by atoms with Gasteiger partial charge in [-0.3, -0.25) is 14.0 Å². The average Bonchev–Trinajstić information content (AvgIpc) is 2.94. The number of morpholine rings is 1. The second-order valence-corrected chi connectivity index (χ2v) is 5.77. The molecule has 7 heteroatoms. The minimum Gasteiger partial charge on any atom is -0.378 e. The van der Waals surface area contributed by atoms with Crippen molar-refractivity contribution in [3.05, 3.63) is 35.9 Å². The van der Waals surface area contributed by atoms with Crippen LogP contribution >= 0.6 is 0 Å². The smallest absolute Gasteiger partial charge is 0.287 e. The summed E-state index contributed by atoms with van der Waals surface area (Å²) < 4.78 is 6.93. The molecule has 0 radical (unpaired) electrons. The lowest BCUT2D eigenvalue weighted by Gasteiger charge is -2.26. The summed E-state index contributed by atoms with van der Waals surface area (Å²) in [6, 6.07) is 5.44. The van der Waals surface area contributed by atoms with Gasteiger partial charge in [0.05, 0.1) is 18.7 Å². The largest absolute Gasteiger partial charge is 0.378 e. The highest BCUT2D eigenvalue weighted by atomic mass is 16.5. The first kappa shape index (κ1) is 15.5. The molecule has 0 atom stereocenters. The number of ether oxygens (including phenoxy) is 1. The highest BCUT2D eigenvalue weighted by Crippen LogP contribution is 2.16. The Bertz CT molecular complexity index is 732. The van der Waals surface area contributed by atoms with E-state index in [4.69, 9.17) is 4.74 Å². The zero-order chi connectivity index (χ0) is 16.4. The van der Waals surface area contributed by atoms with Crippen LogP contribution < -0.4 is 5.32 Å². The summed E-state index contributed by atoms with van der Waals surface area (Å²) in [5.74, 6) is -0.228. The molecule has 1 saturated heterocycles. The molecule has 122 valence electrons. The summed E-state index contributed by atoms with van der Waals surface area (Å²) >= 11 is 0. The fourth-order valence-electron chi connectivity index (χ4n) is 2.60. The standard InChI is InChI=1S/C16H20N4O3/c1-11(2)17-15(21)14-18-13(12-5-3-4-6-20(12)14)16(22)19-7-9-23-10-8-19/h3-6,11H,7-10H2,1-2H3,(H,17,21). The van der Waals surface area contributed by atoms with Crippen LogP contribution in [0, 0.1) is 0 Å². The predicted octanol–water partition coefficient (Wildman–Crippen LogP) is 0.945. The van der Waals surface area contributed by atoms with Crippen LogP contribution in [0.15, 0.2) is 24.4 Å². The van der Waals surface area contributed by atoms with E-state index >= 15 is 0 Å². The Kier molecular flexibility index (Phi) is 4.29. The second-order valence-electron chi connectivity index (χ2n) is 5.77. The monoisotopic (exact) mass is 316 g/mol. The Morgan fingerprint density at radius 1 is 1.26 bits per heavy atom. The molecule has 3 rings (SSSR count). The Balaban J connectivity index is 2.00. The fourth-order valence-corrected chi connectivity index (χ4v) is 2.60. The van der Waals surface area contributed by atoms with E-state index in [9.17, 15) is 9.59 Å². The third kappa shape index (κ3) is 3.05. The summed E-state index contributed by atoms with van der Waals surface area (Å²) in [5.41, 5.74) is 0.944. The molecule has 1 N–H and O–H groups in total. The van der Waals surface area contributed by atoms with Crippen LogP contribution in [0.5, 0.6) is 0 Å². The lowest BCUT2D eigenvalue weighted by Crippen LogP contribution is -2.41. The van der Waals surface area contributed by atoms with E-state index in [1.54, 1.807) is 21.6 Å². The van der Waals surface area contributed by atoms with Gasteiger partial charge in [-0.25, -0.2) is 4.98 Å². The molecule has 7 nitrogen and oxygen atoms in total. The summed E-state index contributed by atoms with van der Waals surface area (Å²) in [6.45, 7) is 5.90. The van der Waals surface area contributed by atoms with Crippen molar-refractivity contribution in [2.45, 2.75) is 19.9 Å². The first-order valence-electron chi connectivity index (χ1n) is 7.73. The highest BCUT2D eigenvalue weighted by molar-refractivity contribution is 6.02. The molecule has 2 aromatic rings. The summed E-state index contributed by atoms with van der Waals surface area (Å²) in [4.78, 5) is 31.1. The van der Waals surface area contributed by atoms with Crippen LogP contribution in [0.3, 0.4) is 0 Å². The van der Waals surface area contributed by atoms with Gasteiger partial charge in [-0.2, -0.15) is 0 Å². The normalized spacial score (nSPS) is 15.2. The lowest BCUT2D eigenvalue weighted by atomic mass is 10.3. The molecule has 3 heterocycles. The van der Waals surface area contributed by atoms with Crippen molar-refractivity contribution >= 4 is 17.3 Å². The van der Waals surface area contributed by atoms with Crippen LogP contribution in [0.2, 0.25) is 0 Å². The third-order valence-electron chi connectivity index (χ3n) is 3.67. The van der Waals surface area contributed by atoms with Gasteiger partial charge in [0, 0.05) is 25.3 Å². The molecule has 23 heavy (non-hydrogen) atoms. The molecule has 1 aliphatic heterocycles. The Hall–Kier alpha value is -2.41. The van der Waals surface area contributed by atoms with Gasteiger partial charge >= 0.3 is 0 Å². The molecule has 0 spiro atoms. The van der Waals surface area contributed by atoms with Crippen molar-refractivity contribution in [1.29, 1.82) is 0 Å². The highest BCUT2D eigenvalue weighted by Gasteiger charge is 2.26. The molecule has 0 aromatic carbocycles. The second kappa shape index (κ2) is 6.37. The molecule has 2 amide bonds. The van der Waals surface area contributed by atoms with Crippen LogP contribution in [0.25, 0.3) is 5.52 Å². The molecule has 1 fully saturated rings. The SMILES string of the molecule is CC(C)NC(=O)c1nc(C(=O)N2CCOCC2)c2ccccn12. The molecular formula is C16H20N4O3. The molecule has 0 aliphatic carbocycles. The zero-order valence-electron chi connectivity index (χ0n) is 13.3. The van der Waals surface area contributed by atoms with Gasteiger partial charge in [0.15, 0.2) is 5.69 Å². The van der Waals surface area contributed by atoms with Crippen molar-refractivity contribution in [2.75, 3.05) is 26.3 Å². The van der Waals surface area contributed by atoms with Crippen molar-refractivity contribution in [3.63, 3.8) is 0 Å². The number of pyridine rings is 1. The number of carbonyl (C=O) groups is 2. The minimum atomic E-state index is -0.290. The molecule has 0 bridgehead atoms. The van der Waals surface area contributed by atoms with Gasteiger partial charge in [-0.05, 0) is 26.0 Å². The van der Waals surface area contributed by atoms with Gasteiger partial charge < -0.3 is 15.0 Å². The van der Waals surface area contributed by atoms with Gasteiger partial charge in [-0.15, -0.1) is 0 Å². The number of carbonyl (C=O) groups excluding carboxylic acids is 2. The van der Waals surface area contributed by atoms with E-state index in [0.717, 1.165) is 0 Å². The number of nitrogens with one attached hydrogen (secondary N) is 1. The van der Waals surface area contributed by atoms with Crippen molar-refractivity contribution in [3.8, 4) is 0 Å². The number of imidazole rings is 1. The molecule has 0 saturated carbocycles. The first-order valence-corrected chi connectivity index (χ1v) is 7.73. The van der Waals surface area contributed by atoms with Crippen molar-refractivity contribution in [1.82, 2.24) is 19.6 Å². The van der Waals surface area contributed by atoms with E-state index in [0.29, 0.717) is 37.5 Å². The summed E-state index contributed by atoms with van der Waals surface area (Å²) in [6.07, 6.45) is 1.74. The number of amides is 2. The van der Waals surface area contributed by atoms with Crippen LogP contribution in [0.4, 0.5) is 0 Å². The van der Waals surface area contributed by atoms with E-state index in [2.05, 4.69) is 10.3 Å². The van der Waals surface area contributed by atoms with Crippen LogP contribution in [-0.4, -0.2) is 58.4 Å². The van der Waals surface area contributed by atoms with Crippen molar-refractivity contribution < 1.29 is 14.3 Å². The molecule has 0 unspecified atom stereocenters. The fraction of sp³-hybridized carbons (Fsp3) is 0.438. The van der Waals surface area contributed by atoms with E-state index in [1.165, 1.54) is 0 Å². The van der Waals surface area contributed by atoms with Gasteiger partial charge in [0.25, 0.3) is 11.8 Å². The maximum absolute atomic E-state index is 12.7. The number of rotatable bonds is 3. The molecule has 2 aromatic heterocycles. The maximum Gasteiger partial charge on any atom is 0.287 e. The Morgan fingerprint density at radius 2 is 2.00 bits per heavy atom. The third-order valence-corrected chi connectivity index (χ3v) is 3.67. The predicted molar refractivity (Wildman–Crippen MR) is 84.5 cm³/mol. The maximum atomic E-state index is 12.7. The van der Waals surface area contributed by atoms with E-state index in [-0.39, 0.29) is 23.7 Å². The van der Waals surface area contributed by atoms with Crippen LogP contribution in [0.1, 0.15) is 35.0 Å². The van der Waals surface area contributed by atoms with Gasteiger partial charge in [0.2, 0.25) is 5.82 Å². The molecule has 1 aliphatic rings. The number of nitrogens with zero attached hydrogens (tertiary/aromatic N) is 3. The summed E-state index contributed by atoms with van der Waals surface area (Å²) in [5, 5.41) is 2.82. The first-order chi connectivity index (χ1) is 11.1. The number of hydrogen-bond acceptors (Lipinski definition) is 4. The quantitative estimate of drug-likeness (QED) is 0.914. The van der Waals surface area contributed by atoms with Gasteiger partial charge in [0.1, 0.15) is 0 Å². The molecular weight excluding hydrogens is 296 g/mol. The number of fused-ring (bicyclic) bond motifs is 1. The van der Waals surface area contributed by atoms with Crippen LogP contribution in [-0.2, 0) is 4.74 Å².